The van der Waals surface area contributed by atoms with Gasteiger partial charge in [0, 0.05) is 48.6 Å². The van der Waals surface area contributed by atoms with Crippen molar-refractivity contribution < 1.29 is 18.0 Å². The van der Waals surface area contributed by atoms with Crippen LogP contribution in [0.1, 0.15) is 17.1 Å². The zero-order valence-corrected chi connectivity index (χ0v) is 15.4. The normalized spacial score (nSPS) is 11.6. The first-order chi connectivity index (χ1) is 13.3. The monoisotopic (exact) mass is 392 g/mol. The minimum atomic E-state index is -4.53. The van der Waals surface area contributed by atoms with Crippen molar-refractivity contribution in [1.82, 2.24) is 29.6 Å². The molecule has 7 nitrogen and oxygen atoms in total. The van der Waals surface area contributed by atoms with Gasteiger partial charge in [0.15, 0.2) is 5.69 Å². The maximum atomic E-state index is 12.7. The van der Waals surface area contributed by atoms with Crippen molar-refractivity contribution in [2.75, 3.05) is 6.54 Å². The van der Waals surface area contributed by atoms with Crippen LogP contribution < -0.4 is 5.32 Å². The topological polar surface area (TPSA) is 77.6 Å². The SMILES string of the molecule is Cc1cc(C(F)(F)F)nn1CC(=O)NCCn1c(C)cnc1-c1ccncc1. The van der Waals surface area contributed by atoms with Gasteiger partial charge in [-0.2, -0.15) is 18.3 Å². The van der Waals surface area contributed by atoms with Crippen LogP contribution in [0.5, 0.6) is 0 Å². The van der Waals surface area contributed by atoms with Crippen LogP contribution in [-0.2, 0) is 24.1 Å². The summed E-state index contributed by atoms with van der Waals surface area (Å²) in [6.07, 6.45) is 0.554. The number of aromatic nitrogens is 5. The highest BCUT2D eigenvalue weighted by Gasteiger charge is 2.34. The maximum Gasteiger partial charge on any atom is 0.435 e. The van der Waals surface area contributed by atoms with Gasteiger partial charge in [-0.1, -0.05) is 0 Å². The van der Waals surface area contributed by atoms with Crippen LogP contribution >= 0.6 is 0 Å². The lowest BCUT2D eigenvalue weighted by Gasteiger charge is -2.11. The summed E-state index contributed by atoms with van der Waals surface area (Å²) in [6, 6.07) is 4.61. The lowest BCUT2D eigenvalue weighted by Crippen LogP contribution is -2.31. The molecule has 3 heterocycles. The first kappa shape index (κ1) is 19.6. The molecule has 10 heteroatoms. The van der Waals surface area contributed by atoms with E-state index < -0.39 is 17.8 Å². The summed E-state index contributed by atoms with van der Waals surface area (Å²) >= 11 is 0. The minimum absolute atomic E-state index is 0.271. The van der Waals surface area contributed by atoms with Gasteiger partial charge < -0.3 is 9.88 Å². The average molecular weight is 392 g/mol. The number of rotatable bonds is 6. The Kier molecular flexibility index (Phi) is 5.48. The third kappa shape index (κ3) is 4.38. The molecule has 1 amide bonds. The van der Waals surface area contributed by atoms with E-state index in [0.29, 0.717) is 13.1 Å². The standard InChI is InChI=1S/C18H19F3N6O/c1-12-9-15(18(19,20)21)25-27(12)11-16(28)23-7-8-26-13(2)10-24-17(26)14-3-5-22-6-4-14/h3-6,9-10H,7-8,11H2,1-2H3,(H,23,28). The van der Waals surface area contributed by atoms with Gasteiger partial charge in [-0.15, -0.1) is 0 Å². The molecule has 0 aliphatic heterocycles. The smallest absolute Gasteiger partial charge is 0.353 e. The predicted molar refractivity (Wildman–Crippen MR) is 95.2 cm³/mol. The Labute approximate surface area is 159 Å². The number of alkyl halides is 3. The van der Waals surface area contributed by atoms with Crippen molar-refractivity contribution in [3.63, 3.8) is 0 Å². The molecular weight excluding hydrogens is 373 g/mol. The van der Waals surface area contributed by atoms with Crippen molar-refractivity contribution >= 4 is 5.91 Å². The molecule has 3 aromatic rings. The Morgan fingerprint density at radius 2 is 1.89 bits per heavy atom. The molecule has 1 N–H and O–H groups in total. The van der Waals surface area contributed by atoms with Gasteiger partial charge in [-0.3, -0.25) is 14.5 Å². The Balaban J connectivity index is 1.60. The van der Waals surface area contributed by atoms with Gasteiger partial charge in [0.2, 0.25) is 5.91 Å². The van der Waals surface area contributed by atoms with Crippen LogP contribution in [-0.4, -0.2) is 36.8 Å². The first-order valence-electron chi connectivity index (χ1n) is 8.56. The van der Waals surface area contributed by atoms with Crippen LogP contribution in [0.2, 0.25) is 0 Å². The molecule has 3 aromatic heterocycles. The Bertz CT molecular complexity index is 962. The van der Waals surface area contributed by atoms with Crippen molar-refractivity contribution in [3.05, 3.63) is 53.9 Å². The van der Waals surface area contributed by atoms with E-state index in [4.69, 9.17) is 0 Å². The summed E-state index contributed by atoms with van der Waals surface area (Å²) < 4.78 is 41.1. The predicted octanol–water partition coefficient (Wildman–Crippen LogP) is 2.59. The molecular formula is C18H19F3N6O. The molecule has 28 heavy (non-hydrogen) atoms. The van der Waals surface area contributed by atoms with E-state index in [1.54, 1.807) is 18.6 Å². The molecule has 3 rings (SSSR count). The number of amides is 1. The lowest BCUT2D eigenvalue weighted by atomic mass is 10.2. The third-order valence-electron chi connectivity index (χ3n) is 4.22. The lowest BCUT2D eigenvalue weighted by molar-refractivity contribution is -0.141. The number of carbonyl (C=O) groups is 1. The largest absolute Gasteiger partial charge is 0.435 e. The van der Waals surface area contributed by atoms with E-state index in [2.05, 4.69) is 20.4 Å². The molecule has 0 fully saturated rings. The third-order valence-corrected chi connectivity index (χ3v) is 4.22. The fourth-order valence-corrected chi connectivity index (χ4v) is 2.78. The number of imidazole rings is 1. The minimum Gasteiger partial charge on any atom is -0.353 e. The number of halogens is 3. The van der Waals surface area contributed by atoms with Crippen LogP contribution in [0, 0.1) is 13.8 Å². The molecule has 0 spiro atoms. The van der Waals surface area contributed by atoms with Crippen LogP contribution in [0.25, 0.3) is 11.4 Å². The number of pyridine rings is 1. The average Bonchev–Trinajstić information content (AvgIpc) is 3.19. The van der Waals surface area contributed by atoms with Crippen LogP contribution in [0.4, 0.5) is 13.2 Å². The van der Waals surface area contributed by atoms with Crippen molar-refractivity contribution in [2.24, 2.45) is 0 Å². The molecule has 0 saturated heterocycles. The van der Waals surface area contributed by atoms with Crippen LogP contribution in [0.3, 0.4) is 0 Å². The molecule has 0 atom stereocenters. The number of nitrogens with one attached hydrogen (secondary N) is 1. The fraction of sp³-hybridized carbons (Fsp3) is 0.333. The van der Waals surface area contributed by atoms with Crippen molar-refractivity contribution in [2.45, 2.75) is 33.1 Å². The quantitative estimate of drug-likeness (QED) is 0.700. The molecule has 0 aliphatic rings. The fourth-order valence-electron chi connectivity index (χ4n) is 2.78. The van der Waals surface area contributed by atoms with Gasteiger partial charge in [0.1, 0.15) is 12.4 Å². The summed E-state index contributed by atoms with van der Waals surface area (Å²) in [6.45, 7) is 3.89. The molecule has 0 saturated carbocycles. The van der Waals surface area contributed by atoms with E-state index in [0.717, 1.165) is 27.8 Å². The highest BCUT2D eigenvalue weighted by molar-refractivity contribution is 5.75. The van der Waals surface area contributed by atoms with E-state index in [1.807, 2.05) is 23.6 Å². The first-order valence-corrected chi connectivity index (χ1v) is 8.56. The van der Waals surface area contributed by atoms with E-state index >= 15 is 0 Å². The van der Waals surface area contributed by atoms with Gasteiger partial charge in [-0.25, -0.2) is 4.98 Å². The number of carbonyl (C=O) groups excluding carboxylic acids is 1. The Morgan fingerprint density at radius 1 is 1.18 bits per heavy atom. The summed E-state index contributed by atoms with van der Waals surface area (Å²) in [5.74, 6) is 0.343. The number of nitrogens with zero attached hydrogens (tertiary/aromatic N) is 5. The number of hydrogen-bond donors (Lipinski definition) is 1. The van der Waals surface area contributed by atoms with Gasteiger partial charge in [0.05, 0.1) is 0 Å². The van der Waals surface area contributed by atoms with E-state index in [-0.39, 0.29) is 12.2 Å². The summed E-state index contributed by atoms with van der Waals surface area (Å²) in [5.41, 5.74) is 1.10. The second kappa shape index (κ2) is 7.83. The zero-order valence-electron chi connectivity index (χ0n) is 15.4. The zero-order chi connectivity index (χ0) is 20.3. The molecule has 0 aliphatic carbocycles. The Hall–Kier alpha value is -3.17. The molecule has 0 unspecified atom stereocenters. The molecule has 0 bridgehead atoms. The van der Waals surface area contributed by atoms with Crippen molar-refractivity contribution in [3.8, 4) is 11.4 Å². The molecule has 0 radical (unpaired) electrons. The van der Waals surface area contributed by atoms with E-state index in [9.17, 15) is 18.0 Å². The Morgan fingerprint density at radius 3 is 2.54 bits per heavy atom. The molecule has 0 aromatic carbocycles. The maximum absolute atomic E-state index is 12.7. The second-order valence-corrected chi connectivity index (χ2v) is 6.29. The summed E-state index contributed by atoms with van der Waals surface area (Å²) in [7, 11) is 0. The number of hydrogen-bond acceptors (Lipinski definition) is 4. The summed E-state index contributed by atoms with van der Waals surface area (Å²) in [5, 5.41) is 6.17. The summed E-state index contributed by atoms with van der Waals surface area (Å²) in [4.78, 5) is 20.5. The molecule has 148 valence electrons. The van der Waals surface area contributed by atoms with E-state index in [1.165, 1.54) is 6.92 Å². The van der Waals surface area contributed by atoms with Crippen LogP contribution in [0.15, 0.2) is 36.8 Å². The highest BCUT2D eigenvalue weighted by Crippen LogP contribution is 2.28. The van der Waals surface area contributed by atoms with Crippen molar-refractivity contribution in [1.29, 1.82) is 0 Å². The van der Waals surface area contributed by atoms with Gasteiger partial charge in [0.25, 0.3) is 0 Å². The second-order valence-electron chi connectivity index (χ2n) is 6.29. The highest BCUT2D eigenvalue weighted by atomic mass is 19.4. The van der Waals surface area contributed by atoms with Gasteiger partial charge in [-0.05, 0) is 32.0 Å². The number of aryl methyl sites for hydroxylation is 2. The van der Waals surface area contributed by atoms with Gasteiger partial charge >= 0.3 is 6.18 Å².